The van der Waals surface area contributed by atoms with E-state index in [1.807, 2.05) is 30.3 Å². The van der Waals surface area contributed by atoms with Crippen LogP contribution in [0.4, 0.5) is 0 Å². The molecule has 3 heterocycles. The molecule has 0 atom stereocenters. The van der Waals surface area contributed by atoms with E-state index in [-0.39, 0.29) is 0 Å². The van der Waals surface area contributed by atoms with E-state index in [1.54, 1.807) is 0 Å². The number of para-hydroxylation sites is 2. The maximum atomic E-state index is 6.59. The molecule has 3 aromatic heterocycles. The normalized spacial score (nSPS) is 12.3. The number of hydrogen-bond acceptors (Lipinski definition) is 3. The summed E-state index contributed by atoms with van der Waals surface area (Å²) < 4.78 is 19.1. The Morgan fingerprint density at radius 1 is 0.277 bits per heavy atom. The Kier molecular flexibility index (Phi) is 4.84. The summed E-state index contributed by atoms with van der Waals surface area (Å²) in [5.74, 6) is 0. The largest absolute Gasteiger partial charge is 0.456 e. The van der Waals surface area contributed by atoms with E-state index in [2.05, 4.69) is 115 Å². The molecule has 218 valence electrons. The Morgan fingerprint density at radius 2 is 0.745 bits per heavy atom. The second-order valence-electron chi connectivity index (χ2n) is 12.4. The number of rotatable bonds is 2. The molecule has 0 N–H and O–H groups in total. The van der Waals surface area contributed by atoms with Gasteiger partial charge >= 0.3 is 0 Å². The molecule has 0 fully saturated rings. The minimum atomic E-state index is 0.862. The summed E-state index contributed by atoms with van der Waals surface area (Å²) in [6.07, 6.45) is 0. The van der Waals surface area contributed by atoms with Crippen LogP contribution >= 0.6 is 0 Å². The van der Waals surface area contributed by atoms with Crippen molar-refractivity contribution in [2.45, 2.75) is 0 Å². The molecular weight excluding hydrogens is 576 g/mol. The van der Waals surface area contributed by atoms with E-state index in [0.29, 0.717) is 0 Å². The number of furan rings is 3. The number of fused-ring (bicyclic) bond motifs is 11. The Balaban J connectivity index is 1.20. The minimum absolute atomic E-state index is 0.862. The molecule has 47 heavy (non-hydrogen) atoms. The molecular formula is C44H24O3. The molecule has 0 aliphatic heterocycles. The van der Waals surface area contributed by atoms with E-state index in [9.17, 15) is 0 Å². The smallest absolute Gasteiger partial charge is 0.136 e. The minimum Gasteiger partial charge on any atom is -0.456 e. The van der Waals surface area contributed by atoms with Gasteiger partial charge in [0.15, 0.2) is 0 Å². The van der Waals surface area contributed by atoms with E-state index in [4.69, 9.17) is 13.3 Å². The van der Waals surface area contributed by atoms with Gasteiger partial charge in [0.2, 0.25) is 0 Å². The summed E-state index contributed by atoms with van der Waals surface area (Å²) in [5.41, 5.74) is 10.0. The van der Waals surface area contributed by atoms with Crippen molar-refractivity contribution in [3.05, 3.63) is 146 Å². The second-order valence-corrected chi connectivity index (χ2v) is 12.4. The van der Waals surface area contributed by atoms with Crippen LogP contribution in [0.25, 0.3) is 110 Å². The van der Waals surface area contributed by atoms with Crippen LogP contribution in [-0.4, -0.2) is 0 Å². The highest BCUT2D eigenvalue weighted by molar-refractivity contribution is 6.26. The highest BCUT2D eigenvalue weighted by Gasteiger charge is 2.21. The van der Waals surface area contributed by atoms with Crippen molar-refractivity contribution in [3.8, 4) is 22.3 Å². The maximum Gasteiger partial charge on any atom is 0.136 e. The zero-order chi connectivity index (χ0) is 30.6. The van der Waals surface area contributed by atoms with Crippen LogP contribution in [-0.2, 0) is 0 Å². The fourth-order valence-electron chi connectivity index (χ4n) is 7.86. The zero-order valence-electron chi connectivity index (χ0n) is 25.1. The molecule has 0 aliphatic carbocycles. The van der Waals surface area contributed by atoms with Crippen LogP contribution in [0, 0.1) is 0 Å². The quantitative estimate of drug-likeness (QED) is 0.185. The monoisotopic (exact) mass is 600 g/mol. The van der Waals surface area contributed by atoms with Crippen LogP contribution in [0.1, 0.15) is 0 Å². The molecule has 0 amide bonds. The van der Waals surface area contributed by atoms with Gasteiger partial charge in [-0.3, -0.25) is 0 Å². The highest BCUT2D eigenvalue weighted by Crippen LogP contribution is 2.47. The Hall–Kier alpha value is -6.32. The predicted octanol–water partition coefficient (Wildman–Crippen LogP) is 13.0. The van der Waals surface area contributed by atoms with Gasteiger partial charge in [0.25, 0.3) is 0 Å². The first-order valence-electron chi connectivity index (χ1n) is 15.9. The molecule has 0 saturated carbocycles. The standard InChI is InChI=1S/C44H24O3/c1-3-13-30-28(11-1)42(25-20-21-27-35-24-40-34(23-41(35)47-39(27)22-25)26-10-5-7-17-36(26)46-40)29-12-2-4-14-31(29)43(30)33-16-9-19-38-44(33)32-15-6-8-18-37(32)45-38/h1-24H. The Bertz CT molecular complexity index is 3020. The van der Waals surface area contributed by atoms with E-state index < -0.39 is 0 Å². The van der Waals surface area contributed by atoms with Crippen LogP contribution in [0.3, 0.4) is 0 Å². The van der Waals surface area contributed by atoms with Crippen molar-refractivity contribution in [3.63, 3.8) is 0 Å². The lowest BCUT2D eigenvalue weighted by atomic mass is 9.85. The Labute approximate surface area is 267 Å². The molecule has 0 radical (unpaired) electrons. The molecule has 3 heteroatoms. The van der Waals surface area contributed by atoms with Gasteiger partial charge in [0.05, 0.1) is 0 Å². The fourth-order valence-corrected chi connectivity index (χ4v) is 7.86. The van der Waals surface area contributed by atoms with E-state index in [1.165, 1.54) is 38.2 Å². The van der Waals surface area contributed by atoms with Gasteiger partial charge in [-0.25, -0.2) is 0 Å². The van der Waals surface area contributed by atoms with Gasteiger partial charge in [0, 0.05) is 32.3 Å². The third-order valence-corrected chi connectivity index (χ3v) is 9.86. The topological polar surface area (TPSA) is 39.4 Å². The average molecular weight is 601 g/mol. The summed E-state index contributed by atoms with van der Waals surface area (Å²) in [5, 5.41) is 11.4. The number of benzene rings is 8. The first-order chi connectivity index (χ1) is 23.3. The lowest BCUT2D eigenvalue weighted by Gasteiger charge is -2.18. The Morgan fingerprint density at radius 3 is 1.43 bits per heavy atom. The van der Waals surface area contributed by atoms with Gasteiger partial charge in [-0.05, 0) is 86.3 Å². The second kappa shape index (κ2) is 9.12. The predicted molar refractivity (Wildman–Crippen MR) is 194 cm³/mol. The lowest BCUT2D eigenvalue weighted by Crippen LogP contribution is -1.91. The average Bonchev–Trinajstić information content (AvgIpc) is 3.80. The van der Waals surface area contributed by atoms with E-state index in [0.717, 1.165) is 71.4 Å². The SMILES string of the molecule is c1ccc2c(c1)oc1cc3c(cc12)oc1cc(-c2c4ccccc4c(-c4cccc5oc6ccccc6c45)c4ccccc24)ccc13. The molecule has 11 aromatic rings. The van der Waals surface area contributed by atoms with Crippen molar-refractivity contribution in [1.29, 1.82) is 0 Å². The molecule has 0 saturated heterocycles. The van der Waals surface area contributed by atoms with Gasteiger partial charge in [-0.15, -0.1) is 0 Å². The summed E-state index contributed by atoms with van der Waals surface area (Å²) >= 11 is 0. The highest BCUT2D eigenvalue weighted by atomic mass is 16.3. The van der Waals surface area contributed by atoms with Crippen molar-refractivity contribution in [1.82, 2.24) is 0 Å². The number of hydrogen-bond donors (Lipinski definition) is 0. The summed E-state index contributed by atoms with van der Waals surface area (Å²) in [7, 11) is 0. The van der Waals surface area contributed by atoms with Crippen molar-refractivity contribution < 1.29 is 13.3 Å². The molecule has 11 rings (SSSR count). The third-order valence-electron chi connectivity index (χ3n) is 9.86. The summed E-state index contributed by atoms with van der Waals surface area (Å²) in [6, 6.07) is 51.3. The molecule has 0 bridgehead atoms. The molecule has 8 aromatic carbocycles. The molecule has 0 spiro atoms. The van der Waals surface area contributed by atoms with E-state index >= 15 is 0 Å². The van der Waals surface area contributed by atoms with Crippen LogP contribution in [0.15, 0.2) is 159 Å². The van der Waals surface area contributed by atoms with Crippen LogP contribution in [0.2, 0.25) is 0 Å². The van der Waals surface area contributed by atoms with Crippen molar-refractivity contribution >= 4 is 87.4 Å². The molecule has 0 unspecified atom stereocenters. The first kappa shape index (κ1) is 24.9. The van der Waals surface area contributed by atoms with Gasteiger partial charge in [-0.2, -0.15) is 0 Å². The maximum absolute atomic E-state index is 6.59. The van der Waals surface area contributed by atoms with Gasteiger partial charge in [-0.1, -0.05) is 103 Å². The lowest BCUT2D eigenvalue weighted by molar-refractivity contribution is 0.664. The first-order valence-corrected chi connectivity index (χ1v) is 15.9. The molecule has 3 nitrogen and oxygen atoms in total. The fraction of sp³-hybridized carbons (Fsp3) is 0. The van der Waals surface area contributed by atoms with Crippen molar-refractivity contribution in [2.75, 3.05) is 0 Å². The van der Waals surface area contributed by atoms with Gasteiger partial charge in [0.1, 0.15) is 33.5 Å². The summed E-state index contributed by atoms with van der Waals surface area (Å²) in [6.45, 7) is 0. The zero-order valence-corrected chi connectivity index (χ0v) is 25.1. The third kappa shape index (κ3) is 3.40. The molecule has 0 aliphatic rings. The summed E-state index contributed by atoms with van der Waals surface area (Å²) in [4.78, 5) is 0. The van der Waals surface area contributed by atoms with Crippen molar-refractivity contribution in [2.24, 2.45) is 0 Å². The van der Waals surface area contributed by atoms with Crippen LogP contribution in [0.5, 0.6) is 0 Å². The van der Waals surface area contributed by atoms with Crippen LogP contribution < -0.4 is 0 Å². The van der Waals surface area contributed by atoms with Gasteiger partial charge < -0.3 is 13.3 Å².